The highest BCUT2D eigenvalue weighted by Gasteiger charge is 2.16. The SMILES string of the molecule is Cc1ccccc1C(NCC(F)F)c1ccccc1. The molecule has 0 saturated carbocycles. The van der Waals surface area contributed by atoms with Crippen LogP contribution in [0.3, 0.4) is 0 Å². The molecule has 0 aliphatic carbocycles. The van der Waals surface area contributed by atoms with E-state index >= 15 is 0 Å². The van der Waals surface area contributed by atoms with E-state index in [0.29, 0.717) is 0 Å². The van der Waals surface area contributed by atoms with Gasteiger partial charge in [0.1, 0.15) is 0 Å². The van der Waals surface area contributed by atoms with Crippen molar-refractivity contribution in [2.45, 2.75) is 19.4 Å². The predicted molar refractivity (Wildman–Crippen MR) is 73.5 cm³/mol. The first-order chi connectivity index (χ1) is 9.18. The predicted octanol–water partition coefficient (Wildman–Crippen LogP) is 3.94. The maximum atomic E-state index is 12.5. The minimum atomic E-state index is -2.35. The molecule has 0 amide bonds. The minimum absolute atomic E-state index is 0.198. The van der Waals surface area contributed by atoms with E-state index in [1.165, 1.54) is 0 Å². The standard InChI is InChI=1S/C16H17F2N/c1-12-7-5-6-10-14(12)16(19-11-15(17)18)13-8-3-2-4-9-13/h2-10,15-16,19H,11H2,1H3. The van der Waals surface area contributed by atoms with E-state index in [0.717, 1.165) is 16.7 Å². The van der Waals surface area contributed by atoms with Crippen LogP contribution in [0, 0.1) is 6.92 Å². The number of halogens is 2. The van der Waals surface area contributed by atoms with Crippen LogP contribution in [-0.2, 0) is 0 Å². The molecule has 1 N–H and O–H groups in total. The number of nitrogens with one attached hydrogen (secondary N) is 1. The first kappa shape index (κ1) is 13.7. The van der Waals surface area contributed by atoms with Crippen LogP contribution < -0.4 is 5.32 Å². The monoisotopic (exact) mass is 261 g/mol. The molecular formula is C16H17F2N. The Kier molecular flexibility index (Phi) is 4.63. The summed E-state index contributed by atoms with van der Waals surface area (Å²) >= 11 is 0. The Morgan fingerprint density at radius 2 is 1.58 bits per heavy atom. The van der Waals surface area contributed by atoms with Crippen molar-refractivity contribution in [3.05, 3.63) is 71.3 Å². The summed E-state index contributed by atoms with van der Waals surface area (Å²) < 4.78 is 24.9. The maximum absolute atomic E-state index is 12.5. The molecule has 0 fully saturated rings. The molecule has 2 aromatic carbocycles. The zero-order valence-electron chi connectivity index (χ0n) is 10.8. The van der Waals surface area contributed by atoms with Gasteiger partial charge < -0.3 is 5.32 Å². The summed E-state index contributed by atoms with van der Waals surface area (Å²) in [5, 5.41) is 2.94. The summed E-state index contributed by atoms with van der Waals surface area (Å²) in [7, 11) is 0. The highest BCUT2D eigenvalue weighted by atomic mass is 19.3. The van der Waals surface area contributed by atoms with Crippen molar-refractivity contribution in [3.63, 3.8) is 0 Å². The summed E-state index contributed by atoms with van der Waals surface area (Å²) in [4.78, 5) is 0. The van der Waals surface area contributed by atoms with Crippen LogP contribution in [0.25, 0.3) is 0 Å². The maximum Gasteiger partial charge on any atom is 0.250 e. The average molecular weight is 261 g/mol. The fraction of sp³-hybridized carbons (Fsp3) is 0.250. The summed E-state index contributed by atoms with van der Waals surface area (Å²) in [5.74, 6) is 0. The quantitative estimate of drug-likeness (QED) is 0.859. The average Bonchev–Trinajstić information content (AvgIpc) is 2.42. The molecule has 3 heteroatoms. The number of benzene rings is 2. The third-order valence-corrected chi connectivity index (χ3v) is 3.11. The molecule has 0 aliphatic heterocycles. The van der Waals surface area contributed by atoms with Gasteiger partial charge in [-0.1, -0.05) is 54.6 Å². The van der Waals surface area contributed by atoms with Crippen molar-refractivity contribution in [2.75, 3.05) is 6.54 Å². The summed E-state index contributed by atoms with van der Waals surface area (Å²) in [5.41, 5.74) is 3.13. The fourth-order valence-corrected chi connectivity index (χ4v) is 2.17. The van der Waals surface area contributed by atoms with E-state index in [2.05, 4.69) is 5.32 Å². The minimum Gasteiger partial charge on any atom is -0.301 e. The van der Waals surface area contributed by atoms with Gasteiger partial charge in [0, 0.05) is 0 Å². The Hall–Kier alpha value is -1.74. The molecule has 1 unspecified atom stereocenters. The van der Waals surface area contributed by atoms with Gasteiger partial charge in [0.05, 0.1) is 12.6 Å². The van der Waals surface area contributed by atoms with Crippen LogP contribution in [-0.4, -0.2) is 13.0 Å². The Labute approximate surface area is 112 Å². The lowest BCUT2D eigenvalue weighted by Gasteiger charge is -2.21. The van der Waals surface area contributed by atoms with Crippen molar-refractivity contribution in [3.8, 4) is 0 Å². The van der Waals surface area contributed by atoms with Gasteiger partial charge in [-0.2, -0.15) is 0 Å². The largest absolute Gasteiger partial charge is 0.301 e. The van der Waals surface area contributed by atoms with Gasteiger partial charge in [0.15, 0.2) is 0 Å². The highest BCUT2D eigenvalue weighted by molar-refractivity contribution is 5.36. The van der Waals surface area contributed by atoms with Gasteiger partial charge in [-0.25, -0.2) is 8.78 Å². The smallest absolute Gasteiger partial charge is 0.250 e. The molecule has 1 nitrogen and oxygen atoms in total. The third-order valence-electron chi connectivity index (χ3n) is 3.11. The lowest BCUT2D eigenvalue weighted by molar-refractivity contribution is 0.143. The Balaban J connectivity index is 2.32. The molecule has 0 saturated heterocycles. The Morgan fingerprint density at radius 1 is 0.947 bits per heavy atom. The van der Waals surface area contributed by atoms with Crippen LogP contribution in [0.2, 0.25) is 0 Å². The van der Waals surface area contributed by atoms with Gasteiger partial charge in [0.2, 0.25) is 0 Å². The summed E-state index contributed by atoms with van der Waals surface area (Å²) in [6.07, 6.45) is -2.35. The van der Waals surface area contributed by atoms with Gasteiger partial charge in [-0.3, -0.25) is 0 Å². The van der Waals surface area contributed by atoms with Crippen LogP contribution >= 0.6 is 0 Å². The zero-order valence-corrected chi connectivity index (χ0v) is 10.8. The molecule has 0 heterocycles. The normalized spacial score (nSPS) is 12.6. The van der Waals surface area contributed by atoms with Crippen molar-refractivity contribution < 1.29 is 8.78 Å². The van der Waals surface area contributed by atoms with Crippen LogP contribution in [0.5, 0.6) is 0 Å². The summed E-state index contributed by atoms with van der Waals surface area (Å²) in [6.45, 7) is 1.68. The lowest BCUT2D eigenvalue weighted by atomic mass is 9.95. The molecular weight excluding hydrogens is 244 g/mol. The topological polar surface area (TPSA) is 12.0 Å². The van der Waals surface area contributed by atoms with E-state index < -0.39 is 6.43 Å². The lowest BCUT2D eigenvalue weighted by Crippen LogP contribution is -2.27. The number of alkyl halides is 2. The van der Waals surface area contributed by atoms with E-state index in [1.807, 2.05) is 61.5 Å². The van der Waals surface area contributed by atoms with Crippen molar-refractivity contribution >= 4 is 0 Å². The Bertz CT molecular complexity index is 511. The molecule has 0 spiro atoms. The van der Waals surface area contributed by atoms with Gasteiger partial charge in [-0.15, -0.1) is 0 Å². The highest BCUT2D eigenvalue weighted by Crippen LogP contribution is 2.24. The van der Waals surface area contributed by atoms with Crippen LogP contribution in [0.1, 0.15) is 22.7 Å². The number of hydrogen-bond donors (Lipinski definition) is 1. The Morgan fingerprint density at radius 3 is 2.21 bits per heavy atom. The molecule has 2 rings (SSSR count). The first-order valence-corrected chi connectivity index (χ1v) is 6.30. The molecule has 100 valence electrons. The second-order valence-electron chi connectivity index (χ2n) is 4.50. The van der Waals surface area contributed by atoms with E-state index in [9.17, 15) is 8.78 Å². The van der Waals surface area contributed by atoms with Crippen molar-refractivity contribution in [2.24, 2.45) is 0 Å². The molecule has 0 radical (unpaired) electrons. The fourth-order valence-electron chi connectivity index (χ4n) is 2.17. The van der Waals surface area contributed by atoms with E-state index in [-0.39, 0.29) is 12.6 Å². The van der Waals surface area contributed by atoms with Crippen molar-refractivity contribution in [1.29, 1.82) is 0 Å². The molecule has 2 aromatic rings. The third kappa shape index (κ3) is 3.61. The molecule has 19 heavy (non-hydrogen) atoms. The zero-order chi connectivity index (χ0) is 13.7. The number of hydrogen-bond acceptors (Lipinski definition) is 1. The van der Waals surface area contributed by atoms with Gasteiger partial charge >= 0.3 is 0 Å². The molecule has 0 bridgehead atoms. The van der Waals surface area contributed by atoms with E-state index in [4.69, 9.17) is 0 Å². The van der Waals surface area contributed by atoms with E-state index in [1.54, 1.807) is 0 Å². The second kappa shape index (κ2) is 6.43. The molecule has 0 aromatic heterocycles. The van der Waals surface area contributed by atoms with Crippen molar-refractivity contribution in [1.82, 2.24) is 5.32 Å². The molecule has 0 aliphatic rings. The van der Waals surface area contributed by atoms with Crippen LogP contribution in [0.15, 0.2) is 54.6 Å². The number of aryl methyl sites for hydroxylation is 1. The number of rotatable bonds is 5. The van der Waals surface area contributed by atoms with Gasteiger partial charge in [-0.05, 0) is 23.6 Å². The second-order valence-corrected chi connectivity index (χ2v) is 4.50. The first-order valence-electron chi connectivity index (χ1n) is 6.30. The van der Waals surface area contributed by atoms with Gasteiger partial charge in [0.25, 0.3) is 6.43 Å². The summed E-state index contributed by atoms with van der Waals surface area (Å²) in [6, 6.07) is 17.3. The molecule has 1 atom stereocenters. The van der Waals surface area contributed by atoms with Crippen LogP contribution in [0.4, 0.5) is 8.78 Å².